The molecule has 1 aliphatic carbocycles. The third-order valence-electron chi connectivity index (χ3n) is 5.70. The van der Waals surface area contributed by atoms with Gasteiger partial charge in [0, 0.05) is 11.5 Å². The summed E-state index contributed by atoms with van der Waals surface area (Å²) in [5.41, 5.74) is 5.37. The van der Waals surface area contributed by atoms with Crippen LogP contribution in [0.5, 0.6) is 0 Å². The van der Waals surface area contributed by atoms with Crippen molar-refractivity contribution in [3.05, 3.63) is 23.5 Å². The van der Waals surface area contributed by atoms with Crippen LogP contribution >= 0.6 is 23.5 Å². The second-order valence-corrected chi connectivity index (χ2v) is 10.9. The van der Waals surface area contributed by atoms with E-state index in [2.05, 4.69) is 28.8 Å². The minimum Gasteiger partial charge on any atom is -0.507 e. The van der Waals surface area contributed by atoms with Gasteiger partial charge >= 0.3 is 12.1 Å². The highest BCUT2D eigenvalue weighted by Crippen LogP contribution is 2.43. The van der Waals surface area contributed by atoms with Crippen molar-refractivity contribution in [1.82, 2.24) is 5.32 Å². The fourth-order valence-electron chi connectivity index (χ4n) is 4.05. The van der Waals surface area contributed by atoms with Crippen LogP contribution in [-0.2, 0) is 14.4 Å². The van der Waals surface area contributed by atoms with E-state index < -0.39 is 24.1 Å². The summed E-state index contributed by atoms with van der Waals surface area (Å²) in [7, 11) is 0. The second-order valence-electron chi connectivity index (χ2n) is 8.01. The van der Waals surface area contributed by atoms with Crippen LogP contribution in [0.4, 0.5) is 13.2 Å². The first-order chi connectivity index (χ1) is 15.5. The summed E-state index contributed by atoms with van der Waals surface area (Å²) in [5.74, 6) is -0.181. The molecular formula is C21H29F3N2O5S2. The summed E-state index contributed by atoms with van der Waals surface area (Å²) in [6, 6.07) is -0.549. The number of nitrogens with one attached hydrogen (secondary N) is 1. The van der Waals surface area contributed by atoms with Gasteiger partial charge in [-0.05, 0) is 56.6 Å². The van der Waals surface area contributed by atoms with Gasteiger partial charge in [-0.2, -0.15) is 13.2 Å². The molecule has 3 aliphatic rings. The van der Waals surface area contributed by atoms with Gasteiger partial charge in [-0.3, -0.25) is 9.59 Å². The molecule has 2 aliphatic heterocycles. The van der Waals surface area contributed by atoms with Crippen molar-refractivity contribution in [2.75, 3.05) is 18.1 Å². The third kappa shape index (κ3) is 8.25. The molecule has 0 aromatic rings. The van der Waals surface area contributed by atoms with E-state index in [9.17, 15) is 27.9 Å². The van der Waals surface area contributed by atoms with Crippen LogP contribution in [0.2, 0.25) is 0 Å². The maximum Gasteiger partial charge on any atom is 0.490 e. The molecule has 33 heavy (non-hydrogen) atoms. The molecule has 1 saturated carbocycles. The van der Waals surface area contributed by atoms with E-state index in [1.807, 2.05) is 6.08 Å². The number of Topliss-reactive ketones (excluding diaryl/α,β-unsaturated/α-hetero) is 1. The molecular weight excluding hydrogens is 481 g/mol. The number of nitrogens with two attached hydrogens (primary N) is 1. The lowest BCUT2D eigenvalue weighted by atomic mass is 9.92. The van der Waals surface area contributed by atoms with Gasteiger partial charge in [-0.15, -0.1) is 23.5 Å². The fraction of sp³-hybridized carbons (Fsp3) is 0.667. The zero-order chi connectivity index (χ0) is 24.6. The quantitative estimate of drug-likeness (QED) is 0.233. The van der Waals surface area contributed by atoms with Gasteiger partial charge in [0.15, 0.2) is 5.78 Å². The number of amides is 1. The first-order valence-electron chi connectivity index (χ1n) is 10.7. The monoisotopic (exact) mass is 510 g/mol. The first kappa shape index (κ1) is 27.6. The van der Waals surface area contributed by atoms with Gasteiger partial charge in [0.1, 0.15) is 11.3 Å². The Morgan fingerprint density at radius 2 is 1.82 bits per heavy atom. The Morgan fingerprint density at radius 1 is 1.18 bits per heavy atom. The van der Waals surface area contributed by atoms with Crippen molar-refractivity contribution in [2.24, 2.45) is 17.6 Å². The maximum absolute atomic E-state index is 12.4. The predicted molar refractivity (Wildman–Crippen MR) is 122 cm³/mol. The number of alkyl halides is 3. The zero-order valence-corrected chi connectivity index (χ0v) is 19.6. The number of carboxylic acids is 1. The number of hydrogen-bond acceptors (Lipinski definition) is 7. The number of aliphatic hydroxyl groups is 1. The number of thioether (sulfide) groups is 2. The SMILES string of the molecule is NCCCC1NC(=O)/C(=C(O)/C=C/C2CCC[C@@H]2CC2SCCS2)C1=O.O=C(O)C(F)(F)F. The zero-order valence-electron chi connectivity index (χ0n) is 18.0. The van der Waals surface area contributed by atoms with Crippen molar-refractivity contribution in [3.63, 3.8) is 0 Å². The Morgan fingerprint density at radius 3 is 2.39 bits per heavy atom. The molecule has 2 unspecified atom stereocenters. The van der Waals surface area contributed by atoms with Crippen LogP contribution in [0, 0.1) is 11.8 Å². The molecule has 0 aromatic heterocycles. The smallest absolute Gasteiger partial charge is 0.490 e. The van der Waals surface area contributed by atoms with Crippen LogP contribution < -0.4 is 11.1 Å². The summed E-state index contributed by atoms with van der Waals surface area (Å²) >= 11 is 4.11. The Bertz CT molecular complexity index is 782. The number of carboxylic acid groups (broad SMARTS) is 1. The normalized spacial score (nSPS) is 27.6. The Hall–Kier alpha value is -1.66. The summed E-state index contributed by atoms with van der Waals surface area (Å²) in [5, 5.41) is 20.1. The topological polar surface area (TPSA) is 130 Å². The predicted octanol–water partition coefficient (Wildman–Crippen LogP) is 3.41. The minimum atomic E-state index is -5.08. The van der Waals surface area contributed by atoms with Crippen LogP contribution in [0.3, 0.4) is 0 Å². The molecule has 3 fully saturated rings. The number of rotatable bonds is 7. The maximum atomic E-state index is 12.4. The molecule has 3 rings (SSSR count). The standard InChI is InChI=1S/C19H28N2O3S2.C2HF3O2/c20-8-2-5-14-18(23)17(19(24)21-14)15(22)7-6-12-3-1-4-13(12)11-16-25-9-10-26-16;3-2(4,5)1(6)7/h6-7,12-14,16,22H,1-5,8-11,20H2,(H,21,24);(H,6,7)/b7-6+,17-15-;/t12?,13-,14?;/m1./s1. The number of aliphatic hydroxyl groups excluding tert-OH is 1. The average Bonchev–Trinajstić information content (AvgIpc) is 3.46. The number of aliphatic carboxylic acids is 1. The van der Waals surface area contributed by atoms with Gasteiger partial charge in [-0.25, -0.2) is 4.79 Å². The van der Waals surface area contributed by atoms with E-state index in [0.717, 1.165) is 6.42 Å². The third-order valence-corrected chi connectivity index (χ3v) is 8.78. The highest BCUT2D eigenvalue weighted by molar-refractivity contribution is 8.20. The molecule has 0 spiro atoms. The van der Waals surface area contributed by atoms with Gasteiger partial charge in [0.25, 0.3) is 5.91 Å². The fourth-order valence-corrected chi connectivity index (χ4v) is 7.07. The van der Waals surface area contributed by atoms with Crippen molar-refractivity contribution in [1.29, 1.82) is 0 Å². The molecule has 2 heterocycles. The van der Waals surface area contributed by atoms with Crippen molar-refractivity contribution in [2.45, 2.75) is 55.3 Å². The van der Waals surface area contributed by atoms with E-state index in [1.165, 1.54) is 30.8 Å². The van der Waals surface area contributed by atoms with E-state index in [1.54, 1.807) is 6.08 Å². The van der Waals surface area contributed by atoms with Crippen LogP contribution in [0.25, 0.3) is 0 Å². The minimum absolute atomic E-state index is 0.0975. The highest BCUT2D eigenvalue weighted by atomic mass is 32.2. The molecule has 0 bridgehead atoms. The van der Waals surface area contributed by atoms with E-state index in [0.29, 0.717) is 35.8 Å². The first-order valence-corrected chi connectivity index (χ1v) is 12.8. The summed E-state index contributed by atoms with van der Waals surface area (Å²) in [6.45, 7) is 0.477. The van der Waals surface area contributed by atoms with Gasteiger partial charge in [0.05, 0.1) is 10.6 Å². The lowest BCUT2D eigenvalue weighted by Crippen LogP contribution is -2.29. The van der Waals surface area contributed by atoms with Crippen LogP contribution in [0.1, 0.15) is 38.5 Å². The van der Waals surface area contributed by atoms with Crippen LogP contribution in [-0.4, -0.2) is 62.7 Å². The molecule has 5 N–H and O–H groups in total. The summed E-state index contributed by atoms with van der Waals surface area (Å²) in [4.78, 5) is 33.3. The van der Waals surface area contributed by atoms with E-state index in [-0.39, 0.29) is 17.1 Å². The molecule has 0 aromatic carbocycles. The largest absolute Gasteiger partial charge is 0.507 e. The average molecular weight is 511 g/mol. The number of halogens is 3. The van der Waals surface area contributed by atoms with Gasteiger partial charge in [-0.1, -0.05) is 12.5 Å². The summed E-state index contributed by atoms with van der Waals surface area (Å²) in [6.07, 6.45) is 4.45. The lowest BCUT2D eigenvalue weighted by Gasteiger charge is -2.19. The lowest BCUT2D eigenvalue weighted by molar-refractivity contribution is -0.192. The van der Waals surface area contributed by atoms with Gasteiger partial charge < -0.3 is 21.3 Å². The highest BCUT2D eigenvalue weighted by Gasteiger charge is 2.38. The molecule has 2 saturated heterocycles. The summed E-state index contributed by atoms with van der Waals surface area (Å²) < 4.78 is 32.4. The van der Waals surface area contributed by atoms with Crippen molar-refractivity contribution in [3.8, 4) is 0 Å². The molecule has 1 amide bonds. The Kier molecular flexibility index (Phi) is 10.6. The molecule has 12 heteroatoms. The molecule has 3 atom stereocenters. The van der Waals surface area contributed by atoms with Crippen LogP contribution in [0.15, 0.2) is 23.5 Å². The Balaban J connectivity index is 0.000000479. The van der Waals surface area contributed by atoms with Gasteiger partial charge in [0.2, 0.25) is 0 Å². The van der Waals surface area contributed by atoms with E-state index >= 15 is 0 Å². The van der Waals surface area contributed by atoms with Crippen molar-refractivity contribution < 1.29 is 37.8 Å². The molecule has 7 nitrogen and oxygen atoms in total. The molecule has 186 valence electrons. The molecule has 0 radical (unpaired) electrons. The number of carbonyl (C=O) groups is 3. The number of allylic oxidation sites excluding steroid dienone is 2. The van der Waals surface area contributed by atoms with E-state index in [4.69, 9.17) is 15.6 Å². The second kappa shape index (κ2) is 12.7. The number of ketones is 1. The van der Waals surface area contributed by atoms with Crippen molar-refractivity contribution >= 4 is 41.2 Å². The number of carbonyl (C=O) groups excluding carboxylic acids is 2. The Labute approximate surface area is 198 Å². The number of hydrogen-bond donors (Lipinski definition) is 4.